The number of carbonyl (C=O) groups excluding carboxylic acids is 3. The number of carbonyl (C=O) groups is 3. The van der Waals surface area contributed by atoms with Crippen LogP contribution in [0.15, 0.2) is 122 Å². The normalized spacial score (nSPS) is 12.9. The number of hydrogen-bond donors (Lipinski definition) is 0. The number of rotatable bonds is 62. The highest BCUT2D eigenvalue weighted by Crippen LogP contribution is 2.16. The zero-order valence-corrected chi connectivity index (χ0v) is 53.7. The summed E-state index contributed by atoms with van der Waals surface area (Å²) in [6.07, 6.45) is 96.4. The van der Waals surface area contributed by atoms with Crippen LogP contribution in [0.2, 0.25) is 0 Å². The van der Waals surface area contributed by atoms with Crippen LogP contribution in [0.5, 0.6) is 0 Å². The number of ether oxygens (including phenoxy) is 3. The van der Waals surface area contributed by atoms with Crippen molar-refractivity contribution in [1.82, 2.24) is 0 Å². The van der Waals surface area contributed by atoms with Gasteiger partial charge in [-0.05, 0) is 128 Å². The molecule has 1 atom stereocenters. The third-order valence-electron chi connectivity index (χ3n) is 14.7. The van der Waals surface area contributed by atoms with Gasteiger partial charge in [-0.1, -0.05) is 296 Å². The van der Waals surface area contributed by atoms with Gasteiger partial charge in [0.2, 0.25) is 0 Å². The van der Waals surface area contributed by atoms with Gasteiger partial charge in [0, 0.05) is 19.3 Å². The van der Waals surface area contributed by atoms with E-state index in [1.165, 1.54) is 141 Å². The minimum absolute atomic E-state index is 0.0895. The summed E-state index contributed by atoms with van der Waals surface area (Å²) in [5.74, 6) is -0.907. The third-order valence-corrected chi connectivity index (χ3v) is 14.7. The van der Waals surface area contributed by atoms with Gasteiger partial charge in [0.05, 0.1) is 0 Å². The van der Waals surface area contributed by atoms with Crippen LogP contribution in [0, 0.1) is 0 Å². The molecule has 0 radical (unpaired) electrons. The lowest BCUT2D eigenvalue weighted by molar-refractivity contribution is -0.167. The summed E-state index contributed by atoms with van der Waals surface area (Å²) in [4.78, 5) is 38.5. The van der Waals surface area contributed by atoms with Gasteiger partial charge in [0.1, 0.15) is 13.2 Å². The predicted octanol–water partition coefficient (Wildman–Crippen LogP) is 23.9. The van der Waals surface area contributed by atoms with E-state index in [-0.39, 0.29) is 31.1 Å². The van der Waals surface area contributed by atoms with E-state index in [0.29, 0.717) is 19.3 Å². The van der Waals surface area contributed by atoms with Crippen molar-refractivity contribution in [2.45, 2.75) is 329 Å². The summed E-state index contributed by atoms with van der Waals surface area (Å²) >= 11 is 0. The summed E-state index contributed by atoms with van der Waals surface area (Å²) in [6.45, 7) is 6.42. The van der Waals surface area contributed by atoms with E-state index in [0.717, 1.165) is 141 Å². The maximum atomic E-state index is 12.9. The minimum atomic E-state index is -0.797. The summed E-state index contributed by atoms with van der Waals surface area (Å²) in [6, 6.07) is 0. The lowest BCUT2D eigenvalue weighted by Gasteiger charge is -2.18. The van der Waals surface area contributed by atoms with Crippen molar-refractivity contribution in [2.24, 2.45) is 0 Å². The molecular weight excluding hydrogens is 1010 g/mol. The summed E-state index contributed by atoms with van der Waals surface area (Å²) in [7, 11) is 0. The first kappa shape index (κ1) is 77.8. The fourth-order valence-electron chi connectivity index (χ4n) is 9.57. The standard InChI is InChI=1S/C76H128O6/c1-4-7-10-13-16-19-22-25-28-31-33-35-36-37-38-39-40-42-43-45-48-51-54-57-60-63-66-69-75(78)81-72-73(71-80-74(77)68-65-62-59-56-53-50-47-30-27-24-21-18-15-12-9-6-3)82-76(79)70-67-64-61-58-55-52-49-46-44-41-34-32-29-26-23-20-17-14-11-8-5-2/h7-8,10-11,16-17,19-20,25-26,28-30,33-35,41,46-47,49,73H,4-6,9,12-15,18,21-24,27,31-32,36-40,42-45,48,50-72H2,1-3H3/b10-7-,11-8-,19-16-,20-17-,28-25-,29-26-,35-33-,41-34-,47-30-,49-46-. The highest BCUT2D eigenvalue weighted by molar-refractivity contribution is 5.71. The fraction of sp³-hybridized carbons (Fsp3) is 0.697. The van der Waals surface area contributed by atoms with E-state index in [4.69, 9.17) is 14.2 Å². The Morgan fingerprint density at radius 3 is 0.756 bits per heavy atom. The number of hydrogen-bond acceptors (Lipinski definition) is 6. The number of allylic oxidation sites excluding steroid dienone is 20. The van der Waals surface area contributed by atoms with Gasteiger partial charge in [-0.2, -0.15) is 0 Å². The van der Waals surface area contributed by atoms with Crippen LogP contribution < -0.4 is 0 Å². The predicted molar refractivity (Wildman–Crippen MR) is 357 cm³/mol. The maximum absolute atomic E-state index is 12.9. The van der Waals surface area contributed by atoms with Crippen molar-refractivity contribution in [3.05, 3.63) is 122 Å². The van der Waals surface area contributed by atoms with Crippen LogP contribution >= 0.6 is 0 Å². The van der Waals surface area contributed by atoms with Crippen LogP contribution in [0.25, 0.3) is 0 Å². The van der Waals surface area contributed by atoms with Crippen molar-refractivity contribution in [3.63, 3.8) is 0 Å². The summed E-state index contributed by atoms with van der Waals surface area (Å²) in [5.41, 5.74) is 0. The number of unbranched alkanes of at least 4 members (excludes halogenated alkanes) is 31. The Morgan fingerprint density at radius 1 is 0.256 bits per heavy atom. The highest BCUT2D eigenvalue weighted by atomic mass is 16.6. The second kappa shape index (κ2) is 69.3. The molecule has 0 spiro atoms. The van der Waals surface area contributed by atoms with Gasteiger partial charge in [-0.25, -0.2) is 0 Å². The van der Waals surface area contributed by atoms with Crippen LogP contribution in [-0.4, -0.2) is 37.2 Å². The van der Waals surface area contributed by atoms with Gasteiger partial charge in [0.25, 0.3) is 0 Å². The fourth-order valence-corrected chi connectivity index (χ4v) is 9.57. The monoisotopic (exact) mass is 1140 g/mol. The van der Waals surface area contributed by atoms with Crippen molar-refractivity contribution in [3.8, 4) is 0 Å². The van der Waals surface area contributed by atoms with Gasteiger partial charge < -0.3 is 14.2 Å². The topological polar surface area (TPSA) is 78.9 Å². The van der Waals surface area contributed by atoms with E-state index in [1.807, 2.05) is 0 Å². The Bertz CT molecular complexity index is 1690. The van der Waals surface area contributed by atoms with Gasteiger partial charge in [0.15, 0.2) is 6.10 Å². The lowest BCUT2D eigenvalue weighted by atomic mass is 10.0. The van der Waals surface area contributed by atoms with Gasteiger partial charge in [-0.3, -0.25) is 14.4 Å². The quantitative estimate of drug-likeness (QED) is 0.0261. The van der Waals surface area contributed by atoms with E-state index in [2.05, 4.69) is 142 Å². The average Bonchev–Trinajstić information content (AvgIpc) is 3.48. The SMILES string of the molecule is CC/C=C\C/C=C\C/C=C\C/C=C\C/C=C\CCCCCCCC(=O)OC(COC(=O)CCCCCCC/C=C\CCCCCCCCC)COC(=O)CCCCCCCCCCCCCCCC/C=C\C/C=C\C/C=C\C/C=C\CC. The molecule has 6 heteroatoms. The smallest absolute Gasteiger partial charge is 0.306 e. The molecule has 0 rings (SSSR count). The average molecular weight is 1140 g/mol. The lowest BCUT2D eigenvalue weighted by Crippen LogP contribution is -2.30. The molecule has 0 aromatic carbocycles. The Labute approximate surface area is 507 Å². The molecule has 0 aliphatic heterocycles. The maximum Gasteiger partial charge on any atom is 0.306 e. The molecular formula is C76H128O6. The second-order valence-electron chi connectivity index (χ2n) is 22.7. The molecule has 0 bridgehead atoms. The van der Waals surface area contributed by atoms with Gasteiger partial charge >= 0.3 is 17.9 Å². The Morgan fingerprint density at radius 2 is 0.476 bits per heavy atom. The highest BCUT2D eigenvalue weighted by Gasteiger charge is 2.19. The van der Waals surface area contributed by atoms with Crippen molar-refractivity contribution in [2.75, 3.05) is 13.2 Å². The molecule has 0 amide bonds. The number of esters is 3. The largest absolute Gasteiger partial charge is 0.462 e. The zero-order valence-electron chi connectivity index (χ0n) is 53.7. The molecule has 82 heavy (non-hydrogen) atoms. The Hall–Kier alpha value is -4.19. The molecule has 0 heterocycles. The molecule has 1 unspecified atom stereocenters. The first-order chi connectivity index (χ1) is 40.5. The Kier molecular flexibility index (Phi) is 65.8. The van der Waals surface area contributed by atoms with Gasteiger partial charge in [-0.15, -0.1) is 0 Å². The molecule has 0 aliphatic carbocycles. The molecule has 0 aromatic heterocycles. The summed E-state index contributed by atoms with van der Waals surface area (Å²) in [5, 5.41) is 0. The van der Waals surface area contributed by atoms with Crippen LogP contribution in [0.4, 0.5) is 0 Å². The van der Waals surface area contributed by atoms with Crippen LogP contribution in [0.1, 0.15) is 323 Å². The van der Waals surface area contributed by atoms with Crippen molar-refractivity contribution >= 4 is 17.9 Å². The molecule has 0 N–H and O–H groups in total. The summed E-state index contributed by atoms with van der Waals surface area (Å²) < 4.78 is 17.0. The van der Waals surface area contributed by atoms with Crippen LogP contribution in [-0.2, 0) is 28.6 Å². The Balaban J connectivity index is 4.37. The zero-order chi connectivity index (χ0) is 59.2. The van der Waals surface area contributed by atoms with E-state index >= 15 is 0 Å². The van der Waals surface area contributed by atoms with E-state index < -0.39 is 6.10 Å². The minimum Gasteiger partial charge on any atom is -0.462 e. The first-order valence-corrected chi connectivity index (χ1v) is 34.5. The van der Waals surface area contributed by atoms with E-state index in [1.54, 1.807) is 0 Å². The second-order valence-corrected chi connectivity index (χ2v) is 22.7. The van der Waals surface area contributed by atoms with Crippen molar-refractivity contribution in [1.29, 1.82) is 0 Å². The third kappa shape index (κ3) is 66.6. The molecule has 0 saturated heterocycles. The van der Waals surface area contributed by atoms with E-state index in [9.17, 15) is 14.4 Å². The first-order valence-electron chi connectivity index (χ1n) is 34.5. The molecule has 0 fully saturated rings. The molecule has 6 nitrogen and oxygen atoms in total. The van der Waals surface area contributed by atoms with Crippen molar-refractivity contribution < 1.29 is 28.6 Å². The molecule has 0 saturated carbocycles. The molecule has 0 aromatic rings. The molecule has 468 valence electrons. The molecule has 0 aliphatic rings. The van der Waals surface area contributed by atoms with Crippen LogP contribution in [0.3, 0.4) is 0 Å².